The van der Waals surface area contributed by atoms with Crippen LogP contribution in [0.1, 0.15) is 0 Å². The van der Waals surface area contributed by atoms with Crippen molar-refractivity contribution in [3.05, 3.63) is 10.4 Å². The van der Waals surface area contributed by atoms with Crippen molar-refractivity contribution in [1.29, 1.82) is 0 Å². The predicted octanol–water partition coefficient (Wildman–Crippen LogP) is -0.630. The number of rotatable bonds is 2. The molecular formula is C9H11N5O3. The van der Waals surface area contributed by atoms with E-state index in [1.807, 2.05) is 0 Å². The van der Waals surface area contributed by atoms with Crippen LogP contribution in [0.2, 0.25) is 0 Å². The average molecular weight is 237 g/mol. The summed E-state index contributed by atoms with van der Waals surface area (Å²) < 4.78 is 0. The van der Waals surface area contributed by atoms with E-state index in [0.29, 0.717) is 0 Å². The quantitative estimate of drug-likeness (QED) is 0.276. The molecule has 17 heavy (non-hydrogen) atoms. The summed E-state index contributed by atoms with van der Waals surface area (Å²) in [5, 5.41) is 3.17. The minimum atomic E-state index is -0.428. The Balaban J connectivity index is 2.06. The second-order valence-corrected chi connectivity index (χ2v) is 4.14. The molecule has 0 N–H and O–H groups in total. The number of nitrogens with zero attached hydrogens (tertiary/aromatic N) is 5. The van der Waals surface area contributed by atoms with Crippen molar-refractivity contribution in [3.63, 3.8) is 0 Å². The van der Waals surface area contributed by atoms with Gasteiger partial charge in [0.15, 0.2) is 0 Å². The molecule has 2 saturated heterocycles. The second kappa shape index (κ2) is 4.06. The molecule has 8 heteroatoms. The van der Waals surface area contributed by atoms with E-state index in [4.69, 9.17) is 5.53 Å². The van der Waals surface area contributed by atoms with Gasteiger partial charge in [0, 0.05) is 25.0 Å². The van der Waals surface area contributed by atoms with Crippen LogP contribution in [-0.4, -0.2) is 54.2 Å². The molecule has 8 nitrogen and oxygen atoms in total. The normalized spacial score (nSPS) is 27.1. The van der Waals surface area contributed by atoms with Gasteiger partial charge in [-0.25, -0.2) is 0 Å². The van der Waals surface area contributed by atoms with E-state index < -0.39 is 11.8 Å². The zero-order chi connectivity index (χ0) is 12.6. The lowest BCUT2D eigenvalue weighted by atomic mass is 10.00. The molecule has 2 fully saturated rings. The van der Waals surface area contributed by atoms with Crippen molar-refractivity contribution >= 4 is 17.7 Å². The van der Waals surface area contributed by atoms with E-state index in [1.54, 1.807) is 0 Å². The number of imide groups is 1. The van der Waals surface area contributed by atoms with Gasteiger partial charge < -0.3 is 4.90 Å². The van der Waals surface area contributed by atoms with Crippen LogP contribution < -0.4 is 0 Å². The fourth-order valence-corrected chi connectivity index (χ4v) is 2.31. The highest BCUT2D eigenvalue weighted by atomic mass is 16.2. The van der Waals surface area contributed by atoms with Crippen LogP contribution in [0.25, 0.3) is 10.4 Å². The molecule has 0 aromatic carbocycles. The highest BCUT2D eigenvalue weighted by Gasteiger charge is 2.51. The maximum Gasteiger partial charge on any atom is 0.234 e. The van der Waals surface area contributed by atoms with Crippen molar-refractivity contribution < 1.29 is 14.4 Å². The molecule has 0 spiro atoms. The second-order valence-electron chi connectivity index (χ2n) is 4.14. The smallest absolute Gasteiger partial charge is 0.234 e. The summed E-state index contributed by atoms with van der Waals surface area (Å²) in [6.45, 7) is 0.201. The molecule has 0 bridgehead atoms. The van der Waals surface area contributed by atoms with E-state index >= 15 is 0 Å². The summed E-state index contributed by atoms with van der Waals surface area (Å²) in [5.41, 5.74) is 8.11. The van der Waals surface area contributed by atoms with Crippen molar-refractivity contribution in [2.45, 2.75) is 0 Å². The van der Waals surface area contributed by atoms with Gasteiger partial charge in [0.25, 0.3) is 0 Å². The predicted molar refractivity (Wildman–Crippen MR) is 55.4 cm³/mol. The van der Waals surface area contributed by atoms with Gasteiger partial charge in [-0.2, -0.15) is 0 Å². The maximum absolute atomic E-state index is 11.7. The van der Waals surface area contributed by atoms with Crippen LogP contribution >= 0.6 is 0 Å². The van der Waals surface area contributed by atoms with Gasteiger partial charge >= 0.3 is 0 Å². The van der Waals surface area contributed by atoms with Crippen LogP contribution in [0.3, 0.4) is 0 Å². The fourth-order valence-electron chi connectivity index (χ4n) is 2.31. The third-order valence-electron chi connectivity index (χ3n) is 3.24. The van der Waals surface area contributed by atoms with Crippen molar-refractivity contribution in [1.82, 2.24) is 9.80 Å². The summed E-state index contributed by atoms with van der Waals surface area (Å²) in [6, 6.07) is 0. The van der Waals surface area contributed by atoms with Crippen LogP contribution in [0.15, 0.2) is 5.11 Å². The number of likely N-dealkylation sites (tertiary alicyclic amines) is 2. The van der Waals surface area contributed by atoms with Crippen LogP contribution in [-0.2, 0) is 14.4 Å². The van der Waals surface area contributed by atoms with Gasteiger partial charge in [-0.05, 0) is 5.53 Å². The molecule has 0 unspecified atom stereocenters. The Hall–Kier alpha value is -2.08. The van der Waals surface area contributed by atoms with Crippen LogP contribution in [0.5, 0.6) is 0 Å². The number of amides is 3. The topological polar surface area (TPSA) is 106 Å². The summed E-state index contributed by atoms with van der Waals surface area (Å²) in [6.07, 6.45) is 0. The SMILES string of the molecule is CN1C(=O)[C@@H]2CN(C(=O)CN=[N+]=[N-])C[C@H]2C1=O. The molecule has 90 valence electrons. The highest BCUT2D eigenvalue weighted by molar-refractivity contribution is 6.06. The van der Waals surface area contributed by atoms with E-state index in [2.05, 4.69) is 10.0 Å². The number of hydrogen-bond acceptors (Lipinski definition) is 4. The fraction of sp³-hybridized carbons (Fsp3) is 0.667. The highest BCUT2D eigenvalue weighted by Crippen LogP contribution is 2.32. The third kappa shape index (κ3) is 1.72. The Bertz CT molecular complexity index is 418. The maximum atomic E-state index is 11.7. The molecule has 0 aliphatic carbocycles. The first kappa shape index (κ1) is 11.4. The molecule has 0 aromatic rings. The number of hydrogen-bond donors (Lipinski definition) is 0. The molecular weight excluding hydrogens is 226 g/mol. The summed E-state index contributed by atoms with van der Waals surface area (Å²) >= 11 is 0. The van der Waals surface area contributed by atoms with Crippen molar-refractivity contribution in [3.8, 4) is 0 Å². The average Bonchev–Trinajstić information content (AvgIpc) is 2.84. The lowest BCUT2D eigenvalue weighted by Gasteiger charge is -2.17. The van der Waals surface area contributed by atoms with E-state index in [0.717, 1.165) is 4.90 Å². The van der Waals surface area contributed by atoms with E-state index in [-0.39, 0.29) is 37.4 Å². The first-order valence-corrected chi connectivity index (χ1v) is 5.16. The number of fused-ring (bicyclic) bond motifs is 1. The first-order chi connectivity index (χ1) is 8.06. The molecule has 2 aliphatic rings. The third-order valence-corrected chi connectivity index (χ3v) is 3.24. The van der Waals surface area contributed by atoms with E-state index in [1.165, 1.54) is 11.9 Å². The lowest BCUT2D eigenvalue weighted by Crippen LogP contribution is -2.37. The molecule has 0 radical (unpaired) electrons. The van der Waals surface area contributed by atoms with Gasteiger partial charge in [0.2, 0.25) is 17.7 Å². The van der Waals surface area contributed by atoms with Gasteiger partial charge in [-0.3, -0.25) is 19.3 Å². The lowest BCUT2D eigenvalue weighted by molar-refractivity contribution is -0.139. The zero-order valence-corrected chi connectivity index (χ0v) is 9.24. The Labute approximate surface area is 96.8 Å². The number of carbonyl (C=O) groups excluding carboxylic acids is 3. The molecule has 0 saturated carbocycles. The largest absolute Gasteiger partial charge is 0.341 e. The molecule has 0 aromatic heterocycles. The summed E-state index contributed by atoms with van der Waals surface area (Å²) in [4.78, 5) is 39.9. The van der Waals surface area contributed by atoms with Gasteiger partial charge in [0.05, 0.1) is 11.8 Å². The first-order valence-electron chi connectivity index (χ1n) is 5.16. The summed E-state index contributed by atoms with van der Waals surface area (Å²) in [7, 11) is 1.45. The minimum Gasteiger partial charge on any atom is -0.341 e. The van der Waals surface area contributed by atoms with E-state index in [9.17, 15) is 14.4 Å². The number of carbonyl (C=O) groups is 3. The Morgan fingerprint density at radius 2 is 1.94 bits per heavy atom. The number of azide groups is 1. The van der Waals surface area contributed by atoms with Crippen LogP contribution in [0.4, 0.5) is 0 Å². The Morgan fingerprint density at radius 1 is 1.41 bits per heavy atom. The molecule has 2 atom stereocenters. The van der Waals surface area contributed by atoms with Gasteiger partial charge in [0.1, 0.15) is 6.54 Å². The standard InChI is InChI=1S/C9H11N5O3/c1-13-8(16)5-3-14(4-6(5)9(13)17)7(15)2-11-12-10/h5-6H,2-4H2,1H3/t5-,6-/m1/s1. The monoisotopic (exact) mass is 237 g/mol. The van der Waals surface area contributed by atoms with Crippen molar-refractivity contribution in [2.24, 2.45) is 17.0 Å². The minimum absolute atomic E-state index is 0.235. The molecule has 2 aliphatic heterocycles. The Morgan fingerprint density at radius 3 is 2.41 bits per heavy atom. The van der Waals surface area contributed by atoms with Crippen molar-refractivity contribution in [2.75, 3.05) is 26.7 Å². The van der Waals surface area contributed by atoms with Gasteiger partial charge in [-0.1, -0.05) is 5.11 Å². The summed E-state index contributed by atoms with van der Waals surface area (Å²) in [5.74, 6) is -1.68. The molecule has 2 rings (SSSR count). The zero-order valence-electron chi connectivity index (χ0n) is 9.24. The molecule has 3 amide bonds. The van der Waals surface area contributed by atoms with Gasteiger partial charge in [-0.15, -0.1) is 0 Å². The Kier molecular flexibility index (Phi) is 2.72. The van der Waals surface area contributed by atoms with Crippen LogP contribution in [0, 0.1) is 11.8 Å². The molecule has 2 heterocycles.